The highest BCUT2D eigenvalue weighted by atomic mass is 16.1. The molecule has 94 valence electrons. The Morgan fingerprint density at radius 1 is 1.29 bits per heavy atom. The molecule has 0 spiro atoms. The van der Waals surface area contributed by atoms with E-state index in [1.165, 1.54) is 5.56 Å². The van der Waals surface area contributed by atoms with Crippen LogP contribution in [0.3, 0.4) is 0 Å². The van der Waals surface area contributed by atoms with E-state index in [4.69, 9.17) is 0 Å². The molecule has 1 atom stereocenters. The fourth-order valence-electron chi connectivity index (χ4n) is 1.91. The van der Waals surface area contributed by atoms with Crippen LogP contribution in [0.4, 0.5) is 0 Å². The highest BCUT2D eigenvalue weighted by molar-refractivity contribution is 5.78. The summed E-state index contributed by atoms with van der Waals surface area (Å²) in [5.41, 5.74) is 1.27. The molecule has 3 heteroatoms. The van der Waals surface area contributed by atoms with Crippen LogP contribution >= 0.6 is 0 Å². The Balaban J connectivity index is 2.51. The van der Waals surface area contributed by atoms with Crippen LogP contribution in [0.15, 0.2) is 30.3 Å². The summed E-state index contributed by atoms with van der Waals surface area (Å²) < 4.78 is 0. The standard InChI is InChI=1S/C14H22N2O/c1-3-7-13(16-14(17)11-15-2)10-12-8-5-4-6-9-12/h4-6,8-9,13,15H,3,7,10-11H2,1-2H3,(H,16,17). The van der Waals surface area contributed by atoms with Crippen molar-refractivity contribution in [2.24, 2.45) is 0 Å². The van der Waals surface area contributed by atoms with Crippen molar-refractivity contribution in [1.29, 1.82) is 0 Å². The quantitative estimate of drug-likeness (QED) is 0.754. The lowest BCUT2D eigenvalue weighted by Crippen LogP contribution is -2.40. The second kappa shape index (κ2) is 7.85. The minimum Gasteiger partial charge on any atom is -0.352 e. The predicted octanol–water partition coefficient (Wildman–Crippen LogP) is 1.73. The lowest BCUT2D eigenvalue weighted by Gasteiger charge is -2.18. The van der Waals surface area contributed by atoms with E-state index in [1.54, 1.807) is 7.05 Å². The Morgan fingerprint density at radius 2 is 2.00 bits per heavy atom. The van der Waals surface area contributed by atoms with Crippen LogP contribution in [0.2, 0.25) is 0 Å². The molecular formula is C14H22N2O. The van der Waals surface area contributed by atoms with Crippen LogP contribution < -0.4 is 10.6 Å². The molecule has 0 radical (unpaired) electrons. The summed E-state index contributed by atoms with van der Waals surface area (Å²) in [4.78, 5) is 11.5. The number of amides is 1. The van der Waals surface area contributed by atoms with Gasteiger partial charge < -0.3 is 10.6 Å². The van der Waals surface area contributed by atoms with E-state index in [0.29, 0.717) is 6.54 Å². The Hall–Kier alpha value is -1.35. The molecule has 0 fully saturated rings. The van der Waals surface area contributed by atoms with E-state index in [2.05, 4.69) is 29.7 Å². The van der Waals surface area contributed by atoms with E-state index in [0.717, 1.165) is 19.3 Å². The molecule has 0 aliphatic heterocycles. The maximum Gasteiger partial charge on any atom is 0.234 e. The number of likely N-dealkylation sites (N-methyl/N-ethyl adjacent to an activating group) is 1. The Kier molecular flexibility index (Phi) is 6.33. The first-order chi connectivity index (χ1) is 8.26. The van der Waals surface area contributed by atoms with Crippen molar-refractivity contribution in [3.8, 4) is 0 Å². The third kappa shape index (κ3) is 5.50. The van der Waals surface area contributed by atoms with Gasteiger partial charge in [-0.3, -0.25) is 4.79 Å². The molecule has 0 bridgehead atoms. The van der Waals surface area contributed by atoms with Gasteiger partial charge in [0.15, 0.2) is 0 Å². The monoisotopic (exact) mass is 234 g/mol. The van der Waals surface area contributed by atoms with Gasteiger partial charge in [0.1, 0.15) is 0 Å². The van der Waals surface area contributed by atoms with E-state index in [-0.39, 0.29) is 11.9 Å². The third-order valence-corrected chi connectivity index (χ3v) is 2.66. The lowest BCUT2D eigenvalue weighted by atomic mass is 10.0. The highest BCUT2D eigenvalue weighted by Crippen LogP contribution is 2.07. The molecule has 3 nitrogen and oxygen atoms in total. The number of carbonyl (C=O) groups excluding carboxylic acids is 1. The van der Waals surface area contributed by atoms with Crippen molar-refractivity contribution < 1.29 is 4.79 Å². The summed E-state index contributed by atoms with van der Waals surface area (Å²) in [6, 6.07) is 10.5. The van der Waals surface area contributed by atoms with Crippen LogP contribution in [0.25, 0.3) is 0 Å². The molecule has 0 saturated heterocycles. The number of nitrogens with one attached hydrogen (secondary N) is 2. The molecule has 0 aliphatic carbocycles. The molecule has 0 heterocycles. The number of rotatable bonds is 7. The van der Waals surface area contributed by atoms with Crippen LogP contribution in [0, 0.1) is 0 Å². The molecule has 1 rings (SSSR count). The molecule has 0 aromatic heterocycles. The van der Waals surface area contributed by atoms with Crippen LogP contribution in [-0.4, -0.2) is 25.5 Å². The molecule has 1 aromatic rings. The second-order valence-electron chi connectivity index (χ2n) is 4.27. The molecule has 1 aromatic carbocycles. The zero-order valence-corrected chi connectivity index (χ0v) is 10.7. The van der Waals surface area contributed by atoms with E-state index >= 15 is 0 Å². The molecular weight excluding hydrogens is 212 g/mol. The highest BCUT2D eigenvalue weighted by Gasteiger charge is 2.11. The first-order valence-electron chi connectivity index (χ1n) is 6.24. The van der Waals surface area contributed by atoms with Gasteiger partial charge in [0, 0.05) is 6.04 Å². The normalized spacial score (nSPS) is 12.1. The second-order valence-corrected chi connectivity index (χ2v) is 4.27. The van der Waals surface area contributed by atoms with Crippen molar-refractivity contribution in [3.63, 3.8) is 0 Å². The van der Waals surface area contributed by atoms with E-state index in [9.17, 15) is 4.79 Å². The third-order valence-electron chi connectivity index (χ3n) is 2.66. The average molecular weight is 234 g/mol. The fraction of sp³-hybridized carbons (Fsp3) is 0.500. The SMILES string of the molecule is CCCC(Cc1ccccc1)NC(=O)CNC. The van der Waals surface area contributed by atoms with Crippen LogP contribution in [0.5, 0.6) is 0 Å². The predicted molar refractivity (Wildman–Crippen MR) is 70.9 cm³/mol. The lowest BCUT2D eigenvalue weighted by molar-refractivity contribution is -0.120. The minimum atomic E-state index is 0.0712. The van der Waals surface area contributed by atoms with Gasteiger partial charge in [0.25, 0.3) is 0 Å². The first-order valence-corrected chi connectivity index (χ1v) is 6.24. The summed E-state index contributed by atoms with van der Waals surface area (Å²) in [6.45, 7) is 2.53. The smallest absolute Gasteiger partial charge is 0.234 e. The van der Waals surface area contributed by atoms with Gasteiger partial charge in [-0.1, -0.05) is 43.7 Å². The fourth-order valence-corrected chi connectivity index (χ4v) is 1.91. The summed E-state index contributed by atoms with van der Waals surface area (Å²) >= 11 is 0. The van der Waals surface area contributed by atoms with E-state index in [1.807, 2.05) is 18.2 Å². The Labute approximate surface area is 104 Å². The summed E-state index contributed by atoms with van der Waals surface area (Å²) in [7, 11) is 1.78. The summed E-state index contributed by atoms with van der Waals surface area (Å²) in [5.74, 6) is 0.0712. The summed E-state index contributed by atoms with van der Waals surface area (Å²) in [5, 5.41) is 5.93. The zero-order chi connectivity index (χ0) is 12.5. The van der Waals surface area contributed by atoms with Gasteiger partial charge >= 0.3 is 0 Å². The van der Waals surface area contributed by atoms with Crippen LogP contribution in [0.1, 0.15) is 25.3 Å². The zero-order valence-electron chi connectivity index (χ0n) is 10.7. The number of carbonyl (C=O) groups is 1. The number of hydrogen-bond acceptors (Lipinski definition) is 2. The minimum absolute atomic E-state index is 0.0712. The summed E-state index contributed by atoms with van der Waals surface area (Å²) in [6.07, 6.45) is 3.01. The van der Waals surface area contributed by atoms with Crippen LogP contribution in [-0.2, 0) is 11.2 Å². The van der Waals surface area contributed by atoms with Gasteiger partial charge in [-0.15, -0.1) is 0 Å². The van der Waals surface area contributed by atoms with Gasteiger partial charge in [-0.25, -0.2) is 0 Å². The van der Waals surface area contributed by atoms with E-state index < -0.39 is 0 Å². The number of hydrogen-bond donors (Lipinski definition) is 2. The average Bonchev–Trinajstić information content (AvgIpc) is 2.31. The van der Waals surface area contributed by atoms with Crippen molar-refractivity contribution in [1.82, 2.24) is 10.6 Å². The maximum atomic E-state index is 11.5. The first kappa shape index (κ1) is 13.7. The Bertz CT molecular complexity index is 324. The molecule has 17 heavy (non-hydrogen) atoms. The number of benzene rings is 1. The van der Waals surface area contributed by atoms with Crippen molar-refractivity contribution >= 4 is 5.91 Å². The topological polar surface area (TPSA) is 41.1 Å². The van der Waals surface area contributed by atoms with Gasteiger partial charge in [-0.2, -0.15) is 0 Å². The Morgan fingerprint density at radius 3 is 2.59 bits per heavy atom. The maximum absolute atomic E-state index is 11.5. The van der Waals surface area contributed by atoms with Crippen molar-refractivity contribution in [3.05, 3.63) is 35.9 Å². The molecule has 0 aliphatic rings. The molecule has 0 saturated carbocycles. The molecule has 2 N–H and O–H groups in total. The molecule has 1 amide bonds. The molecule has 1 unspecified atom stereocenters. The van der Waals surface area contributed by atoms with Gasteiger partial charge in [-0.05, 0) is 25.5 Å². The van der Waals surface area contributed by atoms with Crippen molar-refractivity contribution in [2.45, 2.75) is 32.2 Å². The van der Waals surface area contributed by atoms with Gasteiger partial charge in [0.2, 0.25) is 5.91 Å². The largest absolute Gasteiger partial charge is 0.352 e. The van der Waals surface area contributed by atoms with Gasteiger partial charge in [0.05, 0.1) is 6.54 Å². The van der Waals surface area contributed by atoms with Crippen molar-refractivity contribution in [2.75, 3.05) is 13.6 Å².